The van der Waals surface area contributed by atoms with Gasteiger partial charge in [-0.1, -0.05) is 19.0 Å². The molecule has 2 heterocycles. The predicted octanol–water partition coefficient (Wildman–Crippen LogP) is 0.500. The molecule has 1 aliphatic rings. The Morgan fingerprint density at radius 1 is 1.24 bits per heavy atom. The Morgan fingerprint density at radius 2 is 1.79 bits per heavy atom. The average Bonchev–Trinajstić information content (AvgIpc) is 3.10. The molecule has 0 aromatic carbocycles. The van der Waals surface area contributed by atoms with Crippen LogP contribution >= 0.6 is 0 Å². The Bertz CT molecular complexity index is 957. The molecule has 12 heteroatoms. The summed E-state index contributed by atoms with van der Waals surface area (Å²) >= 11 is 0. The fourth-order valence-electron chi connectivity index (χ4n) is 3.02. The third-order valence-electron chi connectivity index (χ3n) is 5.40. The Morgan fingerprint density at radius 3 is 2.28 bits per heavy atom. The van der Waals surface area contributed by atoms with Crippen LogP contribution in [0, 0.1) is 0 Å². The number of carbonyl (C=O) groups excluding carboxylic acids is 1. The molecular formula is C17H29N3O7S2. The third-order valence-corrected chi connectivity index (χ3v) is 9.66. The maximum Gasteiger partial charge on any atom is 0.247 e. The highest BCUT2D eigenvalue weighted by Gasteiger charge is 2.47. The van der Waals surface area contributed by atoms with Crippen LogP contribution < -0.4 is 5.32 Å². The molecule has 0 unspecified atom stereocenters. The van der Waals surface area contributed by atoms with Crippen LogP contribution in [0.5, 0.6) is 0 Å². The van der Waals surface area contributed by atoms with Gasteiger partial charge in [0.15, 0.2) is 9.84 Å². The van der Waals surface area contributed by atoms with Crippen LogP contribution in [0.2, 0.25) is 0 Å². The van der Waals surface area contributed by atoms with Crippen molar-refractivity contribution >= 4 is 31.7 Å². The molecule has 29 heavy (non-hydrogen) atoms. The highest BCUT2D eigenvalue weighted by molar-refractivity contribution is 7.94. The van der Waals surface area contributed by atoms with Crippen molar-refractivity contribution in [2.75, 3.05) is 31.3 Å². The maximum absolute atomic E-state index is 13.1. The van der Waals surface area contributed by atoms with Crippen molar-refractivity contribution < 1.29 is 31.3 Å². The first-order valence-corrected chi connectivity index (χ1v) is 12.6. The second-order valence-corrected chi connectivity index (χ2v) is 13.2. The zero-order chi connectivity index (χ0) is 22.3. The SMILES string of the molecule is CC(C)(CO)c1cc(NC(=O)C(C)(C)S(=O)(=O)C2CCN(S(C)(=O)=O)CC2)on1. The highest BCUT2D eigenvalue weighted by Crippen LogP contribution is 2.31. The number of aromatic nitrogens is 1. The number of sulfonamides is 1. The van der Waals surface area contributed by atoms with Crippen molar-refractivity contribution in [3.8, 4) is 0 Å². The Labute approximate surface area is 171 Å². The first-order valence-electron chi connectivity index (χ1n) is 9.21. The zero-order valence-electron chi connectivity index (χ0n) is 17.3. The molecule has 0 atom stereocenters. The molecule has 1 aromatic heterocycles. The number of sulfone groups is 1. The van der Waals surface area contributed by atoms with Gasteiger partial charge in [-0.25, -0.2) is 21.1 Å². The van der Waals surface area contributed by atoms with Gasteiger partial charge in [0, 0.05) is 24.6 Å². The number of nitrogens with one attached hydrogen (secondary N) is 1. The van der Waals surface area contributed by atoms with Crippen LogP contribution in [0.4, 0.5) is 5.88 Å². The molecule has 1 aliphatic heterocycles. The normalized spacial score (nSPS) is 18.0. The van der Waals surface area contributed by atoms with Gasteiger partial charge >= 0.3 is 0 Å². The van der Waals surface area contributed by atoms with Crippen LogP contribution in [-0.2, 0) is 30.1 Å². The Hall–Kier alpha value is -1.50. The zero-order valence-corrected chi connectivity index (χ0v) is 18.9. The predicted molar refractivity (Wildman–Crippen MR) is 108 cm³/mol. The molecule has 0 aliphatic carbocycles. The van der Waals surface area contributed by atoms with Crippen molar-refractivity contribution in [2.24, 2.45) is 0 Å². The Balaban J connectivity index is 2.13. The van der Waals surface area contributed by atoms with E-state index in [-0.39, 0.29) is 38.4 Å². The summed E-state index contributed by atoms with van der Waals surface area (Å²) in [4.78, 5) is 12.7. The maximum atomic E-state index is 13.1. The minimum atomic E-state index is -3.91. The summed E-state index contributed by atoms with van der Waals surface area (Å²) in [6.07, 6.45) is 1.34. The van der Waals surface area contributed by atoms with E-state index < -0.39 is 41.2 Å². The minimum Gasteiger partial charge on any atom is -0.395 e. The van der Waals surface area contributed by atoms with Crippen LogP contribution in [0.1, 0.15) is 46.2 Å². The number of piperidine rings is 1. The van der Waals surface area contributed by atoms with Gasteiger partial charge in [0.2, 0.25) is 21.8 Å². The molecule has 1 fully saturated rings. The second kappa shape index (κ2) is 7.97. The summed E-state index contributed by atoms with van der Waals surface area (Å²) < 4.78 is 54.0. The van der Waals surface area contributed by atoms with E-state index in [9.17, 15) is 26.7 Å². The van der Waals surface area contributed by atoms with Gasteiger partial charge < -0.3 is 9.63 Å². The first kappa shape index (κ1) is 23.8. The number of aliphatic hydroxyl groups excluding tert-OH is 1. The number of amides is 1. The highest BCUT2D eigenvalue weighted by atomic mass is 32.2. The van der Waals surface area contributed by atoms with Crippen LogP contribution in [-0.4, -0.2) is 73.3 Å². The molecular weight excluding hydrogens is 422 g/mol. The lowest BCUT2D eigenvalue weighted by Crippen LogP contribution is -2.52. The molecule has 0 saturated carbocycles. The van der Waals surface area contributed by atoms with Crippen LogP contribution in [0.25, 0.3) is 0 Å². The summed E-state index contributed by atoms with van der Waals surface area (Å²) in [6.45, 7) is 6.13. The van der Waals surface area contributed by atoms with Crippen molar-refractivity contribution in [1.82, 2.24) is 9.46 Å². The Kier molecular flexibility index (Phi) is 6.53. The fraction of sp³-hybridized carbons (Fsp3) is 0.765. The number of hydrogen-bond donors (Lipinski definition) is 2. The summed E-state index contributed by atoms with van der Waals surface area (Å²) in [5.41, 5.74) is -0.258. The van der Waals surface area contributed by atoms with Crippen molar-refractivity contribution in [2.45, 2.75) is 55.9 Å². The third kappa shape index (κ3) is 4.81. The molecule has 2 N–H and O–H groups in total. The van der Waals surface area contributed by atoms with Crippen molar-refractivity contribution in [3.05, 3.63) is 11.8 Å². The summed E-state index contributed by atoms with van der Waals surface area (Å²) in [6, 6.07) is 1.45. The van der Waals surface area contributed by atoms with Crippen molar-refractivity contribution in [3.63, 3.8) is 0 Å². The lowest BCUT2D eigenvalue weighted by molar-refractivity contribution is -0.118. The molecule has 1 saturated heterocycles. The van der Waals surface area contributed by atoms with E-state index in [0.29, 0.717) is 5.69 Å². The largest absolute Gasteiger partial charge is 0.395 e. The number of nitrogens with zero attached hydrogens (tertiary/aromatic N) is 2. The molecule has 2 rings (SSSR count). The average molecular weight is 452 g/mol. The van der Waals surface area contributed by atoms with Crippen molar-refractivity contribution in [1.29, 1.82) is 0 Å². The molecule has 0 radical (unpaired) electrons. The number of rotatable bonds is 7. The van der Waals surface area contributed by atoms with Gasteiger partial charge in [0.25, 0.3) is 0 Å². The first-order chi connectivity index (χ1) is 13.1. The summed E-state index contributed by atoms with van der Waals surface area (Å²) in [5.74, 6) is -0.783. The monoisotopic (exact) mass is 451 g/mol. The van der Waals surface area contributed by atoms with E-state index in [1.54, 1.807) is 13.8 Å². The lowest BCUT2D eigenvalue weighted by Gasteiger charge is -2.34. The number of hydrogen-bond acceptors (Lipinski definition) is 8. The molecule has 1 aromatic rings. The van der Waals surface area contributed by atoms with Gasteiger partial charge in [-0.2, -0.15) is 0 Å². The van der Waals surface area contributed by atoms with E-state index in [1.807, 2.05) is 0 Å². The quantitative estimate of drug-likeness (QED) is 0.609. The van der Waals surface area contributed by atoms with Gasteiger partial charge in [0.05, 0.1) is 23.8 Å². The van der Waals surface area contributed by atoms with E-state index in [1.165, 1.54) is 24.2 Å². The lowest BCUT2D eigenvalue weighted by atomic mass is 9.91. The summed E-state index contributed by atoms with van der Waals surface area (Å²) in [7, 11) is -7.29. The van der Waals surface area contributed by atoms with Gasteiger partial charge in [0.1, 0.15) is 4.75 Å². The molecule has 166 valence electrons. The molecule has 1 amide bonds. The van der Waals surface area contributed by atoms with Crippen LogP contribution in [0.3, 0.4) is 0 Å². The smallest absolute Gasteiger partial charge is 0.247 e. The topological polar surface area (TPSA) is 147 Å². The van der Waals surface area contributed by atoms with Crippen LogP contribution in [0.15, 0.2) is 10.6 Å². The standard InChI is InChI=1S/C17H29N3O7S2/c1-16(2,11-21)13-10-14(27-19-13)18-15(22)17(3,4)29(25,26)12-6-8-20(9-7-12)28(5,23)24/h10,12,21H,6-9,11H2,1-5H3,(H,18,22). The number of anilines is 1. The molecule has 0 spiro atoms. The van der Waals surface area contributed by atoms with E-state index in [2.05, 4.69) is 10.5 Å². The number of carbonyl (C=O) groups is 1. The number of aliphatic hydroxyl groups is 1. The summed E-state index contributed by atoms with van der Waals surface area (Å²) in [5, 5.41) is 14.8. The van der Waals surface area contributed by atoms with Gasteiger partial charge in [-0.3, -0.25) is 10.1 Å². The van der Waals surface area contributed by atoms with E-state index in [4.69, 9.17) is 4.52 Å². The molecule has 10 nitrogen and oxygen atoms in total. The van der Waals surface area contributed by atoms with E-state index >= 15 is 0 Å². The van der Waals surface area contributed by atoms with Gasteiger partial charge in [-0.15, -0.1) is 0 Å². The molecule has 0 bridgehead atoms. The fourth-order valence-corrected chi connectivity index (χ4v) is 5.86. The van der Waals surface area contributed by atoms with E-state index in [0.717, 1.165) is 6.26 Å². The van der Waals surface area contributed by atoms with Gasteiger partial charge in [-0.05, 0) is 26.7 Å². The minimum absolute atomic E-state index is 0.0123. The second-order valence-electron chi connectivity index (χ2n) is 8.49.